The zero-order valence-corrected chi connectivity index (χ0v) is 12.9. The molecule has 2 rings (SSSR count). The largest absolute Gasteiger partial charge is 0.312 e. The molecule has 2 aromatic rings. The number of likely N-dealkylation sites (N-methyl/N-ethyl adjacent to an activating group) is 1. The van der Waals surface area contributed by atoms with Crippen LogP contribution in [0.2, 0.25) is 5.02 Å². The topological polar surface area (TPSA) is 12.0 Å². The maximum absolute atomic E-state index is 13.9. The van der Waals surface area contributed by atoms with Crippen LogP contribution in [0.3, 0.4) is 0 Å². The van der Waals surface area contributed by atoms with Crippen molar-refractivity contribution in [3.05, 3.63) is 55.4 Å². The highest BCUT2D eigenvalue weighted by molar-refractivity contribution is 9.11. The fourth-order valence-electron chi connectivity index (χ4n) is 1.79. The van der Waals surface area contributed by atoms with E-state index in [1.165, 1.54) is 4.88 Å². The predicted molar refractivity (Wildman–Crippen MR) is 78.9 cm³/mol. The fraction of sp³-hybridized carbons (Fsp3) is 0.231. The lowest BCUT2D eigenvalue weighted by atomic mass is 10.0. The Balaban J connectivity index is 2.23. The molecule has 0 aliphatic rings. The van der Waals surface area contributed by atoms with Crippen LogP contribution in [0.5, 0.6) is 0 Å². The van der Waals surface area contributed by atoms with E-state index in [2.05, 4.69) is 21.2 Å². The van der Waals surface area contributed by atoms with Gasteiger partial charge in [0.25, 0.3) is 0 Å². The summed E-state index contributed by atoms with van der Waals surface area (Å²) in [6.45, 7) is 0. The van der Waals surface area contributed by atoms with Gasteiger partial charge in [-0.05, 0) is 53.2 Å². The van der Waals surface area contributed by atoms with E-state index < -0.39 is 0 Å². The van der Waals surface area contributed by atoms with Crippen LogP contribution in [0, 0.1) is 5.82 Å². The molecular formula is C13H12BrClFNS. The Morgan fingerprint density at radius 3 is 2.78 bits per heavy atom. The van der Waals surface area contributed by atoms with Gasteiger partial charge in [-0.15, -0.1) is 11.3 Å². The van der Waals surface area contributed by atoms with Gasteiger partial charge in [-0.2, -0.15) is 0 Å². The molecule has 5 heteroatoms. The average molecular weight is 349 g/mol. The van der Waals surface area contributed by atoms with Crippen LogP contribution in [-0.4, -0.2) is 7.05 Å². The summed E-state index contributed by atoms with van der Waals surface area (Å²) in [7, 11) is 1.88. The summed E-state index contributed by atoms with van der Waals surface area (Å²) in [5, 5.41) is 3.38. The average Bonchev–Trinajstić information content (AvgIpc) is 2.78. The van der Waals surface area contributed by atoms with Crippen molar-refractivity contribution in [1.82, 2.24) is 5.32 Å². The number of benzene rings is 1. The molecule has 0 aliphatic heterocycles. The highest BCUT2D eigenvalue weighted by atomic mass is 79.9. The third-order valence-corrected chi connectivity index (χ3v) is 4.77. The molecule has 1 aromatic heterocycles. The van der Waals surface area contributed by atoms with Crippen molar-refractivity contribution >= 4 is 38.9 Å². The summed E-state index contributed by atoms with van der Waals surface area (Å²) < 4.78 is 14.9. The van der Waals surface area contributed by atoms with Gasteiger partial charge >= 0.3 is 0 Å². The van der Waals surface area contributed by atoms with Gasteiger partial charge < -0.3 is 5.32 Å². The summed E-state index contributed by atoms with van der Waals surface area (Å²) in [5.41, 5.74) is 0.631. The molecule has 1 heterocycles. The molecule has 1 nitrogen and oxygen atoms in total. The Morgan fingerprint density at radius 2 is 2.17 bits per heavy atom. The van der Waals surface area contributed by atoms with Gasteiger partial charge in [-0.3, -0.25) is 0 Å². The van der Waals surface area contributed by atoms with Gasteiger partial charge in [-0.1, -0.05) is 23.7 Å². The zero-order chi connectivity index (χ0) is 13.1. The summed E-state index contributed by atoms with van der Waals surface area (Å²) in [6, 6.07) is 9.24. The molecule has 0 aliphatic carbocycles. The number of nitrogens with one attached hydrogen (secondary N) is 1. The summed E-state index contributed by atoms with van der Waals surface area (Å²) >= 11 is 10.9. The van der Waals surface area contributed by atoms with E-state index in [1.54, 1.807) is 29.5 Å². The lowest BCUT2D eigenvalue weighted by Gasteiger charge is -2.15. The van der Waals surface area contributed by atoms with Crippen LogP contribution in [0.1, 0.15) is 16.5 Å². The lowest BCUT2D eigenvalue weighted by Crippen LogP contribution is -2.18. The highest BCUT2D eigenvalue weighted by Gasteiger charge is 2.15. The van der Waals surface area contributed by atoms with Crippen molar-refractivity contribution in [2.45, 2.75) is 12.5 Å². The van der Waals surface area contributed by atoms with E-state index in [1.807, 2.05) is 19.2 Å². The molecule has 0 fully saturated rings. The molecule has 0 spiro atoms. The first-order chi connectivity index (χ1) is 8.61. The van der Waals surface area contributed by atoms with E-state index in [4.69, 9.17) is 11.6 Å². The lowest BCUT2D eigenvalue weighted by molar-refractivity contribution is 0.560. The SMILES string of the molecule is CNC(Cc1cccc(Cl)c1F)c1ccc(Br)s1. The predicted octanol–water partition coefficient (Wildman–Crippen LogP) is 4.81. The third-order valence-electron chi connectivity index (χ3n) is 2.74. The second-order valence-electron chi connectivity index (χ2n) is 3.90. The molecule has 1 unspecified atom stereocenters. The van der Waals surface area contributed by atoms with Gasteiger partial charge in [0, 0.05) is 10.9 Å². The second kappa shape index (κ2) is 6.15. The minimum Gasteiger partial charge on any atom is -0.312 e. The van der Waals surface area contributed by atoms with Crippen molar-refractivity contribution in [3.63, 3.8) is 0 Å². The maximum atomic E-state index is 13.9. The zero-order valence-electron chi connectivity index (χ0n) is 9.71. The Bertz CT molecular complexity index is 544. The summed E-state index contributed by atoms with van der Waals surface area (Å²) in [6.07, 6.45) is 0.579. The maximum Gasteiger partial charge on any atom is 0.145 e. The normalized spacial score (nSPS) is 12.7. The Hall–Kier alpha value is -0.420. The first-order valence-corrected chi connectivity index (χ1v) is 7.46. The van der Waals surface area contributed by atoms with E-state index in [9.17, 15) is 4.39 Å². The standard InChI is InChI=1S/C13H12BrClFNS/c1-17-10(11-5-6-12(14)18-11)7-8-3-2-4-9(15)13(8)16/h2-6,10,17H,7H2,1H3. The van der Waals surface area contributed by atoms with Crippen molar-refractivity contribution in [3.8, 4) is 0 Å². The molecule has 0 bridgehead atoms. The molecule has 0 saturated carbocycles. The molecule has 0 radical (unpaired) electrons. The van der Waals surface area contributed by atoms with Gasteiger partial charge in [0.05, 0.1) is 8.81 Å². The van der Waals surface area contributed by atoms with E-state index in [0.717, 1.165) is 3.79 Å². The Kier molecular flexibility index (Phi) is 4.78. The van der Waals surface area contributed by atoms with Crippen molar-refractivity contribution in [1.29, 1.82) is 0 Å². The van der Waals surface area contributed by atoms with Crippen molar-refractivity contribution < 1.29 is 4.39 Å². The second-order valence-corrected chi connectivity index (χ2v) is 6.80. The van der Waals surface area contributed by atoms with E-state index in [0.29, 0.717) is 12.0 Å². The minimum atomic E-state index is -0.324. The fourth-order valence-corrected chi connectivity index (χ4v) is 3.51. The Morgan fingerprint density at radius 1 is 1.39 bits per heavy atom. The molecule has 1 atom stereocenters. The third kappa shape index (κ3) is 3.12. The van der Waals surface area contributed by atoms with Crippen LogP contribution in [0.25, 0.3) is 0 Å². The van der Waals surface area contributed by atoms with Gasteiger partial charge in [0.1, 0.15) is 5.82 Å². The number of thiophene rings is 1. The van der Waals surface area contributed by atoms with Gasteiger partial charge in [-0.25, -0.2) is 4.39 Å². The van der Waals surface area contributed by atoms with Crippen LogP contribution in [0.4, 0.5) is 4.39 Å². The van der Waals surface area contributed by atoms with Crippen LogP contribution < -0.4 is 5.32 Å². The Labute approximate surface area is 123 Å². The first-order valence-electron chi connectivity index (χ1n) is 5.47. The molecule has 96 valence electrons. The van der Waals surface area contributed by atoms with Crippen LogP contribution in [-0.2, 0) is 6.42 Å². The molecule has 18 heavy (non-hydrogen) atoms. The molecular weight excluding hydrogens is 337 g/mol. The highest BCUT2D eigenvalue weighted by Crippen LogP contribution is 2.30. The minimum absolute atomic E-state index is 0.0919. The molecule has 1 N–H and O–H groups in total. The summed E-state index contributed by atoms with van der Waals surface area (Å²) in [4.78, 5) is 1.17. The monoisotopic (exact) mass is 347 g/mol. The van der Waals surface area contributed by atoms with Gasteiger partial charge in [0.15, 0.2) is 0 Å². The number of hydrogen-bond acceptors (Lipinski definition) is 2. The van der Waals surface area contributed by atoms with Crippen LogP contribution >= 0.6 is 38.9 Å². The number of rotatable bonds is 4. The van der Waals surface area contributed by atoms with Crippen LogP contribution in [0.15, 0.2) is 34.1 Å². The van der Waals surface area contributed by atoms with Crippen molar-refractivity contribution in [2.75, 3.05) is 7.05 Å². The quantitative estimate of drug-likeness (QED) is 0.836. The van der Waals surface area contributed by atoms with Crippen molar-refractivity contribution in [2.24, 2.45) is 0 Å². The smallest absolute Gasteiger partial charge is 0.145 e. The van der Waals surface area contributed by atoms with E-state index in [-0.39, 0.29) is 16.9 Å². The molecule has 0 saturated heterocycles. The van der Waals surface area contributed by atoms with E-state index >= 15 is 0 Å². The van der Waals surface area contributed by atoms with Gasteiger partial charge in [0.2, 0.25) is 0 Å². The molecule has 1 aromatic carbocycles. The summed E-state index contributed by atoms with van der Waals surface area (Å²) in [5.74, 6) is -0.324. The molecule has 0 amide bonds. The number of halogens is 3. The first kappa shape index (κ1) is 14.0. The number of hydrogen-bond donors (Lipinski definition) is 1.